The minimum atomic E-state index is -2.59. The van der Waals surface area contributed by atoms with Crippen molar-refractivity contribution in [1.29, 1.82) is 0 Å². The van der Waals surface area contributed by atoms with Gasteiger partial charge in [-0.05, 0) is 42.2 Å². The Kier molecular flexibility index (Phi) is 7.57. The van der Waals surface area contributed by atoms with Gasteiger partial charge in [-0.1, -0.05) is 44.2 Å². The summed E-state index contributed by atoms with van der Waals surface area (Å²) in [5.74, 6) is 0.0971. The van der Waals surface area contributed by atoms with Crippen molar-refractivity contribution in [1.82, 2.24) is 5.43 Å². The number of hydrazine groups is 1. The molecule has 2 aromatic carbocycles. The maximum absolute atomic E-state index is 13.0. The Morgan fingerprint density at radius 3 is 2.22 bits per heavy atom. The van der Waals surface area contributed by atoms with Crippen molar-refractivity contribution in [2.45, 2.75) is 26.8 Å². The zero-order chi connectivity index (χ0) is 19.8. The normalized spacial score (nSPS) is 10.5. The Labute approximate surface area is 161 Å². The quantitative estimate of drug-likeness (QED) is 0.556. The summed E-state index contributed by atoms with van der Waals surface area (Å²) in [7, 11) is -1.04. The lowest BCUT2D eigenvalue weighted by Gasteiger charge is -2.24. The first kappa shape index (κ1) is 20.7. The van der Waals surface area contributed by atoms with E-state index in [2.05, 4.69) is 5.43 Å². The number of hydrogen-bond acceptors (Lipinski definition) is 5. The van der Waals surface area contributed by atoms with Gasteiger partial charge in [-0.3, -0.25) is 4.79 Å². The van der Waals surface area contributed by atoms with Gasteiger partial charge in [0.05, 0.1) is 12.8 Å². The van der Waals surface area contributed by atoms with Crippen molar-refractivity contribution in [3.63, 3.8) is 0 Å². The molecule has 0 saturated carbocycles. The molecular weight excluding hydrogens is 364 g/mol. The highest BCUT2D eigenvalue weighted by molar-refractivity contribution is 7.74. The Bertz CT molecular complexity index is 883. The molecule has 144 valence electrons. The SMILES string of the molecule is COc1ccc(N(NCc2ccccc2)C(=O)C(CC(C)C)=S(=O)=O)cc1. The summed E-state index contributed by atoms with van der Waals surface area (Å²) < 4.78 is 28.5. The average Bonchev–Trinajstić information content (AvgIpc) is 2.67. The molecule has 1 N–H and O–H groups in total. The molecular formula is C20H24N2O4S. The summed E-state index contributed by atoms with van der Waals surface area (Å²) in [6.07, 6.45) is 0.175. The molecule has 1 amide bonds. The van der Waals surface area contributed by atoms with Crippen LogP contribution in [0.5, 0.6) is 5.75 Å². The van der Waals surface area contributed by atoms with E-state index in [4.69, 9.17) is 4.74 Å². The van der Waals surface area contributed by atoms with Crippen LogP contribution in [0.3, 0.4) is 0 Å². The van der Waals surface area contributed by atoms with Gasteiger partial charge in [0, 0.05) is 6.54 Å². The Hall–Kier alpha value is -2.64. The van der Waals surface area contributed by atoms with Crippen molar-refractivity contribution < 1.29 is 17.9 Å². The van der Waals surface area contributed by atoms with Gasteiger partial charge in [0.2, 0.25) is 10.3 Å². The summed E-state index contributed by atoms with van der Waals surface area (Å²) in [4.78, 5) is 12.8. The van der Waals surface area contributed by atoms with E-state index in [1.54, 1.807) is 31.4 Å². The molecule has 0 aliphatic heterocycles. The molecule has 0 atom stereocenters. The van der Waals surface area contributed by atoms with Crippen LogP contribution in [0.15, 0.2) is 54.6 Å². The summed E-state index contributed by atoms with van der Waals surface area (Å²) in [6, 6.07) is 16.4. The number of nitrogens with one attached hydrogen (secondary N) is 1. The maximum atomic E-state index is 13.0. The van der Waals surface area contributed by atoms with Crippen molar-refractivity contribution in [3.8, 4) is 5.75 Å². The lowest BCUT2D eigenvalue weighted by atomic mass is 10.1. The zero-order valence-electron chi connectivity index (χ0n) is 15.7. The number of rotatable bonds is 8. The molecule has 27 heavy (non-hydrogen) atoms. The van der Waals surface area contributed by atoms with Crippen LogP contribution in [0.25, 0.3) is 0 Å². The molecule has 7 heteroatoms. The van der Waals surface area contributed by atoms with E-state index in [1.165, 1.54) is 5.01 Å². The summed E-state index contributed by atoms with van der Waals surface area (Å²) >= 11 is 0. The van der Waals surface area contributed by atoms with Crippen LogP contribution in [0.1, 0.15) is 25.8 Å². The smallest absolute Gasteiger partial charge is 0.284 e. The molecule has 2 aromatic rings. The van der Waals surface area contributed by atoms with E-state index in [-0.39, 0.29) is 17.2 Å². The van der Waals surface area contributed by atoms with Crippen LogP contribution in [-0.2, 0) is 21.6 Å². The lowest BCUT2D eigenvalue weighted by Crippen LogP contribution is -2.46. The predicted molar refractivity (Wildman–Crippen MR) is 107 cm³/mol. The summed E-state index contributed by atoms with van der Waals surface area (Å²) in [5.41, 5.74) is 4.55. The topological polar surface area (TPSA) is 75.7 Å². The zero-order valence-corrected chi connectivity index (χ0v) is 16.5. The van der Waals surface area contributed by atoms with Gasteiger partial charge in [0.25, 0.3) is 5.91 Å². The highest BCUT2D eigenvalue weighted by Crippen LogP contribution is 2.19. The van der Waals surface area contributed by atoms with Gasteiger partial charge in [0.1, 0.15) is 10.6 Å². The van der Waals surface area contributed by atoms with Crippen LogP contribution in [0.2, 0.25) is 0 Å². The van der Waals surface area contributed by atoms with E-state index in [0.717, 1.165) is 5.56 Å². The molecule has 0 bridgehead atoms. The van der Waals surface area contributed by atoms with Crippen molar-refractivity contribution >= 4 is 26.8 Å². The minimum Gasteiger partial charge on any atom is -0.497 e. The Morgan fingerprint density at radius 1 is 1.07 bits per heavy atom. The fourth-order valence-electron chi connectivity index (χ4n) is 2.50. The number of nitrogens with zero attached hydrogens (tertiary/aromatic N) is 1. The molecule has 0 aliphatic carbocycles. The van der Waals surface area contributed by atoms with Crippen LogP contribution in [0, 0.1) is 5.92 Å². The van der Waals surface area contributed by atoms with Crippen molar-refractivity contribution in [2.24, 2.45) is 5.92 Å². The molecule has 0 spiro atoms. The predicted octanol–water partition coefficient (Wildman–Crippen LogP) is 2.83. The van der Waals surface area contributed by atoms with Gasteiger partial charge >= 0.3 is 0 Å². The van der Waals surface area contributed by atoms with Gasteiger partial charge in [-0.25, -0.2) is 10.4 Å². The number of carbonyl (C=O) groups is 1. The number of anilines is 1. The first-order valence-electron chi connectivity index (χ1n) is 8.63. The standard InChI is InChI=1S/C20H24N2O4S/c1-15(2)13-19(27(24)25)20(23)22(17-9-11-18(26-3)12-10-17)21-14-16-7-5-4-6-8-16/h4-12,15,21H,13-14H2,1-3H3. The first-order valence-corrected chi connectivity index (χ1v) is 9.71. The molecule has 0 fully saturated rings. The number of ether oxygens (including phenoxy) is 1. The Morgan fingerprint density at radius 2 is 1.70 bits per heavy atom. The molecule has 0 unspecified atom stereocenters. The van der Waals surface area contributed by atoms with E-state index >= 15 is 0 Å². The molecule has 0 radical (unpaired) electrons. The van der Waals surface area contributed by atoms with Crippen LogP contribution >= 0.6 is 0 Å². The van der Waals surface area contributed by atoms with Crippen molar-refractivity contribution in [3.05, 3.63) is 60.2 Å². The largest absolute Gasteiger partial charge is 0.497 e. The van der Waals surface area contributed by atoms with Crippen LogP contribution < -0.4 is 15.2 Å². The van der Waals surface area contributed by atoms with Gasteiger partial charge in [-0.15, -0.1) is 0 Å². The Balaban J connectivity index is 2.35. The highest BCUT2D eigenvalue weighted by Gasteiger charge is 2.23. The highest BCUT2D eigenvalue weighted by atomic mass is 32.2. The van der Waals surface area contributed by atoms with Crippen molar-refractivity contribution in [2.75, 3.05) is 12.1 Å². The number of methoxy groups -OCH3 is 1. The second kappa shape index (κ2) is 9.89. The molecule has 2 rings (SSSR count). The molecule has 0 aliphatic rings. The molecule has 0 saturated heterocycles. The monoisotopic (exact) mass is 388 g/mol. The summed E-state index contributed by atoms with van der Waals surface area (Å²) in [5, 5.41) is 1.28. The third kappa shape index (κ3) is 5.94. The number of carbonyl (C=O) groups excluding carboxylic acids is 1. The summed E-state index contributed by atoms with van der Waals surface area (Å²) in [6.45, 7) is 4.11. The molecule has 0 aromatic heterocycles. The average molecular weight is 388 g/mol. The number of benzene rings is 2. The molecule has 6 nitrogen and oxygen atoms in total. The third-order valence-corrected chi connectivity index (χ3v) is 4.59. The minimum absolute atomic E-state index is 0.0358. The number of amides is 1. The maximum Gasteiger partial charge on any atom is 0.284 e. The van der Waals surface area contributed by atoms with Gasteiger partial charge in [0.15, 0.2) is 0 Å². The second-order valence-corrected chi connectivity index (χ2v) is 7.38. The fourth-order valence-corrected chi connectivity index (χ4v) is 3.20. The van der Waals surface area contributed by atoms with E-state index in [9.17, 15) is 13.2 Å². The van der Waals surface area contributed by atoms with Gasteiger partial charge in [-0.2, -0.15) is 8.42 Å². The lowest BCUT2D eigenvalue weighted by molar-refractivity contribution is -0.113. The molecule has 0 heterocycles. The second-order valence-electron chi connectivity index (χ2n) is 6.41. The van der Waals surface area contributed by atoms with E-state index < -0.39 is 16.2 Å². The van der Waals surface area contributed by atoms with E-state index in [0.29, 0.717) is 18.0 Å². The van der Waals surface area contributed by atoms with Crippen LogP contribution in [0.4, 0.5) is 5.69 Å². The first-order chi connectivity index (χ1) is 12.9. The van der Waals surface area contributed by atoms with Gasteiger partial charge < -0.3 is 4.74 Å². The number of hydrogen-bond donors (Lipinski definition) is 1. The third-order valence-electron chi connectivity index (χ3n) is 3.85. The fraction of sp³-hybridized carbons (Fsp3) is 0.300. The van der Waals surface area contributed by atoms with Crippen LogP contribution in [-0.4, -0.2) is 26.3 Å². The van der Waals surface area contributed by atoms with E-state index in [1.807, 2.05) is 44.2 Å².